The predicted octanol–water partition coefficient (Wildman–Crippen LogP) is 18.6. The molecule has 0 aliphatic carbocycles. The van der Waals surface area contributed by atoms with Gasteiger partial charge in [0.05, 0.1) is 11.0 Å². The van der Waals surface area contributed by atoms with E-state index in [1.54, 1.807) is 0 Å². The van der Waals surface area contributed by atoms with E-state index < -0.39 is 0 Å². The molecule has 0 aliphatic heterocycles. The van der Waals surface area contributed by atoms with E-state index in [1.807, 2.05) is 0 Å². The topological polar surface area (TPSA) is 17.8 Å². The number of hydrogen-bond acceptors (Lipinski definition) is 1. The minimum absolute atomic E-state index is 0.773. The van der Waals surface area contributed by atoms with Crippen LogP contribution >= 0.6 is 44.7 Å². The van der Waals surface area contributed by atoms with Gasteiger partial charge in [-0.05, 0) is 118 Å². The van der Waals surface area contributed by atoms with Crippen LogP contribution < -0.4 is 0 Å². The van der Waals surface area contributed by atoms with Gasteiger partial charge >= 0.3 is 0 Å². The molecule has 0 atom stereocenters. The first-order valence-electron chi connectivity index (χ1n) is 22.7. The van der Waals surface area contributed by atoms with E-state index in [0.29, 0.717) is 0 Å². The molecule has 0 aliphatic rings. The fraction of sp³-hybridized carbons (Fsp3) is 0.0161. The standard InChI is InChI=1S/C61H38N2.CH3BI2/c1-2-16-42(17-3-1)61-62-59-54-24-12-8-20-49(54)50-21-9-13-25-55(50)60(59)63(61)48-33-30-41(31-34-48)45-32-35-53-56(38-45)58(47-29-27-40-15-5-7-19-44(40)37-47)52-23-11-10-22-51(52)57(53)46-28-26-39-14-4-6-18-43(39)36-46;1-2(3)4/h1-38H;1H3. The second-order valence-corrected chi connectivity index (χ2v) is 23.3. The van der Waals surface area contributed by atoms with Crippen LogP contribution in [0.25, 0.3) is 126 Å². The largest absolute Gasteiger partial charge is 0.292 e. The maximum Gasteiger partial charge on any atom is 0.286 e. The molecule has 0 saturated heterocycles. The minimum atomic E-state index is 0.773. The fourth-order valence-electron chi connectivity index (χ4n) is 10.2. The van der Waals surface area contributed by atoms with Gasteiger partial charge in [-0.1, -0.05) is 207 Å². The lowest BCUT2D eigenvalue weighted by molar-refractivity contribution is 1.11. The van der Waals surface area contributed by atoms with Crippen molar-refractivity contribution >= 4 is 123 Å². The molecule has 1 heterocycles. The number of aromatic nitrogens is 2. The lowest BCUT2D eigenvalue weighted by Gasteiger charge is -2.19. The summed E-state index contributed by atoms with van der Waals surface area (Å²) in [5.74, 6) is 0.929. The Labute approximate surface area is 416 Å². The molecule has 5 heteroatoms. The van der Waals surface area contributed by atoms with E-state index in [2.05, 4.69) is 287 Å². The Morgan fingerprint density at radius 1 is 0.343 bits per heavy atom. The molecular weight excluding hydrogens is 1040 g/mol. The molecule has 0 spiro atoms. The summed E-state index contributed by atoms with van der Waals surface area (Å²) in [4.78, 5) is 5.45. The quantitative estimate of drug-likeness (QED) is 0.0727. The first kappa shape index (κ1) is 41.6. The summed E-state index contributed by atoms with van der Waals surface area (Å²) in [5, 5.41) is 14.7. The van der Waals surface area contributed by atoms with Crippen LogP contribution in [0, 0.1) is 0 Å². The van der Waals surface area contributed by atoms with Gasteiger partial charge in [0.2, 0.25) is 0 Å². The Kier molecular flexibility index (Phi) is 10.8. The highest BCUT2D eigenvalue weighted by Gasteiger charge is 2.21. The summed E-state index contributed by atoms with van der Waals surface area (Å²) in [7, 11) is 0. The molecule has 13 rings (SSSR count). The Hall–Kier alpha value is -6.81. The van der Waals surface area contributed by atoms with Crippen molar-refractivity contribution < 1.29 is 0 Å². The molecule has 0 N–H and O–H groups in total. The first-order chi connectivity index (χ1) is 33.0. The molecule has 67 heavy (non-hydrogen) atoms. The summed E-state index contributed by atoms with van der Waals surface area (Å²) in [5.41, 5.74) is 11.6. The van der Waals surface area contributed by atoms with Gasteiger partial charge in [-0.25, -0.2) is 4.98 Å². The number of imidazole rings is 1. The van der Waals surface area contributed by atoms with Crippen LogP contribution in [0.15, 0.2) is 231 Å². The van der Waals surface area contributed by atoms with Crippen LogP contribution in [0.4, 0.5) is 0 Å². The third kappa shape index (κ3) is 7.45. The lowest BCUT2D eigenvalue weighted by Crippen LogP contribution is -1.98. The zero-order valence-electron chi connectivity index (χ0n) is 36.7. The third-order valence-corrected chi connectivity index (χ3v) is 13.1. The van der Waals surface area contributed by atoms with Crippen molar-refractivity contribution in [1.82, 2.24) is 9.55 Å². The summed E-state index contributed by atoms with van der Waals surface area (Å²) < 4.78 is 3.14. The van der Waals surface area contributed by atoms with Crippen LogP contribution in [0.5, 0.6) is 0 Å². The molecule has 13 aromatic rings. The summed E-state index contributed by atoms with van der Waals surface area (Å²) in [6.07, 6.45) is 0. The van der Waals surface area contributed by atoms with E-state index in [-0.39, 0.29) is 0 Å². The van der Waals surface area contributed by atoms with Gasteiger partial charge in [-0.3, -0.25) is 4.57 Å². The smallest absolute Gasteiger partial charge is 0.286 e. The van der Waals surface area contributed by atoms with Crippen LogP contribution in [-0.2, 0) is 0 Å². The van der Waals surface area contributed by atoms with Gasteiger partial charge in [-0.15, -0.1) is 44.7 Å². The van der Waals surface area contributed by atoms with Crippen LogP contribution in [0.1, 0.15) is 0 Å². The molecule has 0 bridgehead atoms. The Morgan fingerprint density at radius 2 is 0.776 bits per heavy atom. The number of benzene rings is 12. The second-order valence-electron chi connectivity index (χ2n) is 17.2. The molecule has 1 aromatic heterocycles. The molecule has 0 saturated carbocycles. The van der Waals surface area contributed by atoms with Crippen LogP contribution in [0.2, 0.25) is 6.82 Å². The molecule has 316 valence electrons. The number of fused-ring (bicyclic) bond motifs is 10. The van der Waals surface area contributed by atoms with Crippen LogP contribution in [0.3, 0.4) is 0 Å². The molecule has 0 amide bonds. The van der Waals surface area contributed by atoms with E-state index >= 15 is 0 Å². The number of hydrogen-bond donors (Lipinski definition) is 0. The van der Waals surface area contributed by atoms with Gasteiger partial charge < -0.3 is 0 Å². The van der Waals surface area contributed by atoms with E-state index in [4.69, 9.17) is 4.98 Å². The molecule has 0 radical (unpaired) electrons. The second kappa shape index (κ2) is 17.4. The van der Waals surface area contributed by atoms with Crippen molar-refractivity contribution in [2.45, 2.75) is 6.82 Å². The van der Waals surface area contributed by atoms with Gasteiger partial charge in [0.25, 0.3) is 2.43 Å². The van der Waals surface area contributed by atoms with Crippen molar-refractivity contribution in [2.24, 2.45) is 0 Å². The average molecular weight is 1080 g/mol. The normalized spacial score (nSPS) is 11.5. The van der Waals surface area contributed by atoms with Crippen molar-refractivity contribution in [3.05, 3.63) is 231 Å². The minimum Gasteiger partial charge on any atom is -0.292 e. The van der Waals surface area contributed by atoms with Gasteiger partial charge in [-0.2, -0.15) is 0 Å². The van der Waals surface area contributed by atoms with Crippen LogP contribution in [-0.4, -0.2) is 12.0 Å². The van der Waals surface area contributed by atoms with Gasteiger partial charge in [0.15, 0.2) is 0 Å². The molecule has 0 unspecified atom stereocenters. The summed E-state index contributed by atoms with van der Waals surface area (Å²) in [6.45, 7) is 2.14. The highest BCUT2D eigenvalue weighted by Crippen LogP contribution is 2.46. The summed E-state index contributed by atoms with van der Waals surface area (Å²) in [6, 6.07) is 84.3. The molecule has 2 nitrogen and oxygen atoms in total. The highest BCUT2D eigenvalue weighted by molar-refractivity contribution is 14.3. The van der Waals surface area contributed by atoms with Crippen molar-refractivity contribution in [3.63, 3.8) is 0 Å². The first-order valence-corrected chi connectivity index (χ1v) is 25.2. The van der Waals surface area contributed by atoms with Crippen molar-refractivity contribution in [1.29, 1.82) is 0 Å². The number of rotatable bonds is 5. The average Bonchev–Trinajstić information content (AvgIpc) is 3.79. The summed E-state index contributed by atoms with van der Waals surface area (Å²) >= 11 is 4.66. The van der Waals surface area contributed by atoms with Crippen molar-refractivity contribution in [2.75, 3.05) is 0 Å². The molecular formula is C62H41BI2N2. The van der Waals surface area contributed by atoms with Gasteiger partial charge in [0, 0.05) is 22.0 Å². The van der Waals surface area contributed by atoms with Crippen molar-refractivity contribution in [3.8, 4) is 50.5 Å². The highest BCUT2D eigenvalue weighted by atomic mass is 127. The molecule has 0 fully saturated rings. The van der Waals surface area contributed by atoms with E-state index in [0.717, 1.165) is 41.5 Å². The zero-order chi connectivity index (χ0) is 45.0. The lowest BCUT2D eigenvalue weighted by atomic mass is 9.84. The van der Waals surface area contributed by atoms with E-state index in [9.17, 15) is 0 Å². The Morgan fingerprint density at radius 3 is 1.37 bits per heavy atom. The maximum absolute atomic E-state index is 5.45. The van der Waals surface area contributed by atoms with E-state index in [1.165, 1.54) is 87.1 Å². The zero-order valence-corrected chi connectivity index (χ0v) is 41.0. The third-order valence-electron chi connectivity index (χ3n) is 13.1. The SMILES string of the molecule is CB(I)I.c1ccc(-c2nc3c4ccccc4c4ccccc4c3n2-c2ccc(-c3ccc4c(-c5ccc6ccccc6c5)c5ccccc5c(-c5ccc6ccccc6c5)c4c3)cc2)cc1. The van der Waals surface area contributed by atoms with Gasteiger partial charge in [0.1, 0.15) is 5.82 Å². The fourth-order valence-corrected chi connectivity index (χ4v) is 10.2. The maximum atomic E-state index is 5.45. The predicted molar refractivity (Wildman–Crippen MR) is 308 cm³/mol. The number of halogens is 2. The number of nitrogens with zero attached hydrogens (tertiary/aromatic N) is 2. The Bertz CT molecular complexity index is 4020. The molecule has 12 aromatic carbocycles. The Balaban J connectivity index is 0.00000113. The monoisotopic (exact) mass is 1080 g/mol.